The summed E-state index contributed by atoms with van der Waals surface area (Å²) in [7, 11) is 0. The Morgan fingerprint density at radius 3 is 2.45 bits per heavy atom. The standard InChI is InChI=1S/C33H44O9/c1-8-16(2)29(38)42-28-26-27-31(5,15-40-26)23(41-17(3)34)13-22(36)33(27,7)20-9-10-30(4)21(32(20,28)6)12-19(35)25(30)18-11-24(37)39-14-18/h8,12,18,20,22-23,25-28,36H,9-11,13-15H2,1-7H3/b16-8+/t18-,20+,22+,23-,25-,26-,27+,28-,30-,31-,32-,33+/m1/s1. The van der Waals surface area contributed by atoms with Crippen molar-refractivity contribution in [1.29, 1.82) is 0 Å². The normalized spacial score (nSPS) is 49.4. The Balaban J connectivity index is 1.51. The molecule has 4 aliphatic carbocycles. The highest BCUT2D eigenvalue weighted by Gasteiger charge is 2.78. The number of fused-ring (bicyclic) bond motifs is 4. The van der Waals surface area contributed by atoms with Crippen molar-refractivity contribution in [2.24, 2.45) is 45.3 Å². The molecule has 0 radical (unpaired) electrons. The predicted octanol–water partition coefficient (Wildman–Crippen LogP) is 3.71. The molecule has 0 unspecified atom stereocenters. The summed E-state index contributed by atoms with van der Waals surface area (Å²) in [5.41, 5.74) is -1.28. The lowest BCUT2D eigenvalue weighted by molar-refractivity contribution is -0.263. The van der Waals surface area contributed by atoms with Crippen LogP contribution < -0.4 is 0 Å². The second-order valence-corrected chi connectivity index (χ2v) is 14.6. The van der Waals surface area contributed by atoms with E-state index in [1.807, 2.05) is 0 Å². The summed E-state index contributed by atoms with van der Waals surface area (Å²) in [5, 5.41) is 12.0. The van der Waals surface area contributed by atoms with Gasteiger partial charge in [0, 0.05) is 52.9 Å². The Morgan fingerprint density at radius 2 is 1.83 bits per heavy atom. The van der Waals surface area contributed by atoms with Crippen LogP contribution >= 0.6 is 0 Å². The van der Waals surface area contributed by atoms with E-state index >= 15 is 0 Å². The average Bonchev–Trinajstić information content (AvgIpc) is 3.58. The summed E-state index contributed by atoms with van der Waals surface area (Å²) >= 11 is 0. The molecule has 9 heteroatoms. The Hall–Kier alpha value is -2.52. The number of carbonyl (C=O) groups excluding carboxylic acids is 4. The van der Waals surface area contributed by atoms with Gasteiger partial charge in [-0.15, -0.1) is 0 Å². The molecule has 1 N–H and O–H groups in total. The van der Waals surface area contributed by atoms with E-state index in [1.54, 1.807) is 26.0 Å². The van der Waals surface area contributed by atoms with Crippen LogP contribution in [0, 0.1) is 45.3 Å². The number of carbonyl (C=O) groups is 4. The fourth-order valence-electron chi connectivity index (χ4n) is 10.8. The van der Waals surface area contributed by atoms with Crippen molar-refractivity contribution in [2.45, 2.75) is 98.6 Å². The van der Waals surface area contributed by atoms with Gasteiger partial charge in [0.25, 0.3) is 0 Å². The largest absolute Gasteiger partial charge is 0.465 e. The van der Waals surface area contributed by atoms with E-state index in [0.717, 1.165) is 5.57 Å². The second kappa shape index (κ2) is 9.49. The van der Waals surface area contributed by atoms with Crippen LogP contribution in [-0.2, 0) is 38.1 Å². The Morgan fingerprint density at radius 1 is 1.12 bits per heavy atom. The van der Waals surface area contributed by atoms with E-state index in [-0.39, 0.29) is 49.0 Å². The van der Waals surface area contributed by atoms with Gasteiger partial charge in [0.2, 0.25) is 0 Å². The fourth-order valence-corrected chi connectivity index (χ4v) is 10.8. The van der Waals surface area contributed by atoms with Crippen LogP contribution in [0.2, 0.25) is 0 Å². The van der Waals surface area contributed by atoms with Gasteiger partial charge in [-0.1, -0.05) is 33.8 Å². The maximum absolute atomic E-state index is 13.8. The summed E-state index contributed by atoms with van der Waals surface area (Å²) in [6, 6.07) is 0. The number of aliphatic hydroxyl groups is 1. The SMILES string of the molecule is C/C=C(\C)C(=O)O[C@@H]1[C@@H]2OC[C@]3(C)[C@H](OC(C)=O)C[C@H](O)[C@@](C)([C@@H]23)[C@H]2CC[C@]3(C)C(=CC(=O)[C@H]3[C@H]3COC(=O)C3)[C@]12C. The summed E-state index contributed by atoms with van der Waals surface area (Å²) in [5.74, 6) is -2.19. The van der Waals surface area contributed by atoms with Gasteiger partial charge in [-0.05, 0) is 49.7 Å². The molecule has 6 rings (SSSR count). The number of aliphatic hydroxyl groups excluding tert-OH is 1. The lowest BCUT2D eigenvalue weighted by Crippen LogP contribution is -2.73. The molecule has 2 heterocycles. The van der Waals surface area contributed by atoms with Crippen LogP contribution in [0.25, 0.3) is 0 Å². The monoisotopic (exact) mass is 584 g/mol. The van der Waals surface area contributed by atoms with Gasteiger partial charge in [0.05, 0.1) is 31.8 Å². The maximum Gasteiger partial charge on any atom is 0.333 e. The molecule has 6 aliphatic rings. The van der Waals surface area contributed by atoms with Crippen molar-refractivity contribution in [1.82, 2.24) is 0 Å². The first-order valence-electron chi connectivity index (χ1n) is 15.4. The highest BCUT2D eigenvalue weighted by Crippen LogP contribution is 2.75. The Bertz CT molecular complexity index is 1300. The molecule has 0 aromatic carbocycles. The smallest absolute Gasteiger partial charge is 0.333 e. The van der Waals surface area contributed by atoms with E-state index in [2.05, 4.69) is 27.7 Å². The van der Waals surface area contributed by atoms with Crippen LogP contribution in [0.4, 0.5) is 0 Å². The fraction of sp³-hybridized carbons (Fsp3) is 0.758. The zero-order valence-electron chi connectivity index (χ0n) is 25.7. The average molecular weight is 585 g/mol. The van der Waals surface area contributed by atoms with Gasteiger partial charge in [-0.3, -0.25) is 14.4 Å². The van der Waals surface area contributed by atoms with E-state index in [0.29, 0.717) is 25.0 Å². The molecule has 5 fully saturated rings. The molecule has 3 saturated carbocycles. The minimum atomic E-state index is -0.832. The van der Waals surface area contributed by atoms with Crippen molar-refractivity contribution in [3.63, 3.8) is 0 Å². The molecule has 2 aliphatic heterocycles. The number of rotatable bonds is 4. The molecule has 0 spiro atoms. The molecule has 0 amide bonds. The molecule has 42 heavy (non-hydrogen) atoms. The van der Waals surface area contributed by atoms with E-state index in [4.69, 9.17) is 18.9 Å². The quantitative estimate of drug-likeness (QED) is 0.299. The molecule has 0 aromatic rings. The van der Waals surface area contributed by atoms with Crippen molar-refractivity contribution in [2.75, 3.05) is 13.2 Å². The van der Waals surface area contributed by atoms with E-state index < -0.39 is 63.9 Å². The maximum atomic E-state index is 13.8. The second-order valence-electron chi connectivity index (χ2n) is 14.6. The topological polar surface area (TPSA) is 125 Å². The Labute approximate surface area is 247 Å². The predicted molar refractivity (Wildman–Crippen MR) is 150 cm³/mol. The van der Waals surface area contributed by atoms with Gasteiger partial charge in [-0.2, -0.15) is 0 Å². The van der Waals surface area contributed by atoms with E-state index in [1.165, 1.54) is 6.92 Å². The van der Waals surface area contributed by atoms with E-state index in [9.17, 15) is 24.3 Å². The first kappa shape index (κ1) is 29.5. The minimum absolute atomic E-state index is 0.0176. The number of hydrogen-bond acceptors (Lipinski definition) is 9. The van der Waals surface area contributed by atoms with Gasteiger partial charge < -0.3 is 24.1 Å². The molecule has 230 valence electrons. The summed E-state index contributed by atoms with van der Waals surface area (Å²) in [6.45, 7) is 13.8. The molecule has 0 bridgehead atoms. The highest BCUT2D eigenvalue weighted by molar-refractivity contribution is 5.98. The zero-order chi connectivity index (χ0) is 30.6. The zero-order valence-corrected chi connectivity index (χ0v) is 25.7. The molecular formula is C33H44O9. The van der Waals surface area contributed by atoms with Gasteiger partial charge in [0.1, 0.15) is 12.2 Å². The summed E-state index contributed by atoms with van der Waals surface area (Å²) in [4.78, 5) is 51.5. The highest BCUT2D eigenvalue weighted by atomic mass is 16.6. The van der Waals surface area contributed by atoms with Crippen molar-refractivity contribution in [3.8, 4) is 0 Å². The van der Waals surface area contributed by atoms with Crippen LogP contribution in [0.3, 0.4) is 0 Å². The third kappa shape index (κ3) is 3.68. The number of hydrogen-bond donors (Lipinski definition) is 1. The van der Waals surface area contributed by atoms with Gasteiger partial charge >= 0.3 is 17.9 Å². The van der Waals surface area contributed by atoms with Gasteiger partial charge in [0.15, 0.2) is 5.78 Å². The van der Waals surface area contributed by atoms with Crippen LogP contribution in [-0.4, -0.2) is 66.4 Å². The van der Waals surface area contributed by atoms with Gasteiger partial charge in [-0.25, -0.2) is 4.79 Å². The first-order valence-corrected chi connectivity index (χ1v) is 15.4. The summed E-state index contributed by atoms with van der Waals surface area (Å²) in [6.07, 6.45) is 2.67. The molecular weight excluding hydrogens is 540 g/mol. The van der Waals surface area contributed by atoms with Crippen LogP contribution in [0.15, 0.2) is 23.3 Å². The number of ketones is 1. The molecule has 0 aromatic heterocycles. The summed E-state index contributed by atoms with van der Waals surface area (Å²) < 4.78 is 24.2. The van der Waals surface area contributed by atoms with Crippen LogP contribution in [0.5, 0.6) is 0 Å². The number of esters is 3. The Kier molecular flexibility index (Phi) is 6.67. The number of ether oxygens (including phenoxy) is 4. The minimum Gasteiger partial charge on any atom is -0.465 e. The van der Waals surface area contributed by atoms with Crippen molar-refractivity contribution < 1.29 is 43.2 Å². The van der Waals surface area contributed by atoms with Crippen molar-refractivity contribution in [3.05, 3.63) is 23.3 Å². The third-order valence-corrected chi connectivity index (χ3v) is 12.6. The lowest BCUT2D eigenvalue weighted by atomic mass is 9.36. The molecule has 9 nitrogen and oxygen atoms in total. The van der Waals surface area contributed by atoms with Crippen molar-refractivity contribution >= 4 is 23.7 Å². The third-order valence-electron chi connectivity index (χ3n) is 12.6. The molecule has 12 atom stereocenters. The van der Waals surface area contributed by atoms with Crippen LogP contribution in [0.1, 0.15) is 74.1 Å². The number of cyclic esters (lactones) is 1. The first-order chi connectivity index (χ1) is 19.6. The molecule has 2 saturated heterocycles. The lowest BCUT2D eigenvalue weighted by Gasteiger charge is -2.69. The number of allylic oxidation sites excluding steroid dienone is 2.